The molecule has 5 N–H and O–H groups in total. The van der Waals surface area contributed by atoms with Crippen molar-refractivity contribution in [2.45, 2.75) is 42.1 Å². The number of ether oxygens (including phenoxy) is 2. The molecular weight excluding hydrogens is 396 g/mol. The maximum absolute atomic E-state index is 11.9. The topological polar surface area (TPSA) is 141 Å². The molecule has 5 atom stereocenters. The van der Waals surface area contributed by atoms with E-state index in [-0.39, 0.29) is 13.0 Å². The van der Waals surface area contributed by atoms with Gasteiger partial charge in [-0.3, -0.25) is 4.79 Å². The molecule has 152 valence electrons. The molecule has 0 saturated carbocycles. The van der Waals surface area contributed by atoms with E-state index in [4.69, 9.17) is 14.6 Å². The van der Waals surface area contributed by atoms with Crippen LogP contribution < -0.4 is 5.32 Å². The maximum atomic E-state index is 11.9. The molecular formula is C16H24N2O7S2. The van der Waals surface area contributed by atoms with Gasteiger partial charge in [0, 0.05) is 18.4 Å². The summed E-state index contributed by atoms with van der Waals surface area (Å²) >= 11 is 0. The van der Waals surface area contributed by atoms with Crippen molar-refractivity contribution in [3.63, 3.8) is 0 Å². The second-order valence-corrected chi connectivity index (χ2v) is 8.19. The highest BCUT2D eigenvalue weighted by atomic mass is 33.1. The van der Waals surface area contributed by atoms with Gasteiger partial charge in [-0.2, -0.15) is 0 Å². The van der Waals surface area contributed by atoms with Crippen molar-refractivity contribution in [2.75, 3.05) is 25.6 Å². The third kappa shape index (κ3) is 7.20. The minimum Gasteiger partial charge on any atom is -0.394 e. The molecule has 5 unspecified atom stereocenters. The molecule has 27 heavy (non-hydrogen) atoms. The first-order valence-corrected chi connectivity index (χ1v) is 10.7. The Kier molecular flexibility index (Phi) is 9.79. The summed E-state index contributed by atoms with van der Waals surface area (Å²) in [5.74, 6) is 0.276. The number of rotatable bonds is 10. The van der Waals surface area contributed by atoms with E-state index in [2.05, 4.69) is 10.3 Å². The molecule has 0 spiro atoms. The number of aliphatic hydroxyl groups is 4. The number of hydrogen-bond donors (Lipinski definition) is 5. The Morgan fingerprint density at radius 3 is 2.78 bits per heavy atom. The summed E-state index contributed by atoms with van der Waals surface area (Å²) in [5.41, 5.74) is 0. The Bertz CT molecular complexity index is 569. The van der Waals surface area contributed by atoms with Crippen LogP contribution in [-0.2, 0) is 14.3 Å². The van der Waals surface area contributed by atoms with E-state index in [1.165, 1.54) is 0 Å². The molecule has 11 heteroatoms. The van der Waals surface area contributed by atoms with Crippen molar-refractivity contribution in [1.29, 1.82) is 0 Å². The first kappa shape index (κ1) is 22.4. The van der Waals surface area contributed by atoms with Crippen molar-refractivity contribution in [2.24, 2.45) is 0 Å². The lowest BCUT2D eigenvalue weighted by atomic mass is 9.97. The van der Waals surface area contributed by atoms with Gasteiger partial charge in [-0.1, -0.05) is 16.9 Å². The SMILES string of the molecule is O=C(CCOCCSSc1ccccn1)NC1C(O)OC(CO)C(O)C1O. The standard InChI is InChI=1S/C16H24N2O7S2/c19-9-10-14(21)15(22)13(16(23)25-10)18-11(20)4-6-24-7-8-26-27-12-3-1-2-5-17-12/h1-3,5,10,13-16,19,21-23H,4,6-9H2,(H,18,20). The molecule has 0 aromatic carbocycles. The number of hydrogen-bond acceptors (Lipinski definition) is 10. The van der Waals surface area contributed by atoms with E-state index >= 15 is 0 Å². The van der Waals surface area contributed by atoms with Crippen molar-refractivity contribution in [3.05, 3.63) is 24.4 Å². The van der Waals surface area contributed by atoms with Crippen LogP contribution >= 0.6 is 21.6 Å². The lowest BCUT2D eigenvalue weighted by molar-refractivity contribution is -0.253. The van der Waals surface area contributed by atoms with Crippen molar-refractivity contribution >= 4 is 27.5 Å². The number of aromatic nitrogens is 1. The van der Waals surface area contributed by atoms with Gasteiger partial charge in [0.15, 0.2) is 6.29 Å². The van der Waals surface area contributed by atoms with Gasteiger partial charge in [-0.05, 0) is 22.9 Å². The van der Waals surface area contributed by atoms with Crippen LogP contribution in [0.3, 0.4) is 0 Å². The zero-order valence-electron chi connectivity index (χ0n) is 14.5. The number of nitrogens with one attached hydrogen (secondary N) is 1. The van der Waals surface area contributed by atoms with Gasteiger partial charge >= 0.3 is 0 Å². The number of carbonyl (C=O) groups is 1. The second kappa shape index (κ2) is 11.8. The predicted molar refractivity (Wildman–Crippen MR) is 99.9 cm³/mol. The van der Waals surface area contributed by atoms with Crippen LogP contribution in [0.15, 0.2) is 29.4 Å². The summed E-state index contributed by atoms with van der Waals surface area (Å²) in [4.78, 5) is 16.1. The number of pyridine rings is 1. The number of carbonyl (C=O) groups excluding carboxylic acids is 1. The summed E-state index contributed by atoms with van der Waals surface area (Å²) < 4.78 is 10.4. The molecule has 1 amide bonds. The van der Waals surface area contributed by atoms with Gasteiger partial charge in [-0.25, -0.2) is 4.98 Å². The van der Waals surface area contributed by atoms with E-state index in [1.807, 2.05) is 18.2 Å². The number of aliphatic hydroxyl groups excluding tert-OH is 4. The van der Waals surface area contributed by atoms with Crippen LogP contribution in [0.25, 0.3) is 0 Å². The Morgan fingerprint density at radius 1 is 1.26 bits per heavy atom. The minimum absolute atomic E-state index is 0.0352. The van der Waals surface area contributed by atoms with Gasteiger partial charge in [0.1, 0.15) is 29.4 Å². The fourth-order valence-corrected chi connectivity index (χ4v) is 4.11. The summed E-state index contributed by atoms with van der Waals surface area (Å²) in [6.45, 7) is 0.0924. The molecule has 0 aliphatic carbocycles. The average molecular weight is 421 g/mol. The average Bonchev–Trinajstić information content (AvgIpc) is 2.68. The predicted octanol–water partition coefficient (Wildman–Crippen LogP) is -0.855. The first-order chi connectivity index (χ1) is 13.0. The minimum atomic E-state index is -1.52. The quantitative estimate of drug-likeness (QED) is 0.240. The lowest BCUT2D eigenvalue weighted by Gasteiger charge is -2.40. The molecule has 9 nitrogen and oxygen atoms in total. The molecule has 1 saturated heterocycles. The third-order valence-electron chi connectivity index (χ3n) is 3.79. The highest BCUT2D eigenvalue weighted by molar-refractivity contribution is 8.76. The smallest absolute Gasteiger partial charge is 0.222 e. The van der Waals surface area contributed by atoms with Gasteiger partial charge in [0.2, 0.25) is 5.91 Å². The third-order valence-corrected chi connectivity index (χ3v) is 6.02. The van der Waals surface area contributed by atoms with E-state index in [9.17, 15) is 20.1 Å². The Morgan fingerprint density at radius 2 is 2.07 bits per heavy atom. The molecule has 1 aromatic rings. The number of amides is 1. The zero-order valence-corrected chi connectivity index (χ0v) is 16.1. The van der Waals surface area contributed by atoms with Crippen LogP contribution in [0.4, 0.5) is 0 Å². The fraction of sp³-hybridized carbons (Fsp3) is 0.625. The van der Waals surface area contributed by atoms with Crippen molar-refractivity contribution in [3.8, 4) is 0 Å². The highest BCUT2D eigenvalue weighted by Gasteiger charge is 2.44. The van der Waals surface area contributed by atoms with Crippen LogP contribution in [0.1, 0.15) is 6.42 Å². The molecule has 1 aliphatic heterocycles. The first-order valence-electron chi connectivity index (χ1n) is 8.41. The van der Waals surface area contributed by atoms with Gasteiger partial charge in [0.05, 0.1) is 19.8 Å². The summed E-state index contributed by atoms with van der Waals surface area (Å²) in [5, 5.41) is 41.9. The van der Waals surface area contributed by atoms with Gasteiger partial charge in [0.25, 0.3) is 0 Å². The van der Waals surface area contributed by atoms with Gasteiger partial charge in [-0.15, -0.1) is 0 Å². The van der Waals surface area contributed by atoms with E-state index < -0.39 is 43.2 Å². The Hall–Kier alpha value is -0.920. The Balaban J connectivity index is 1.58. The molecule has 2 heterocycles. The largest absolute Gasteiger partial charge is 0.394 e. The van der Waals surface area contributed by atoms with E-state index in [0.717, 1.165) is 10.8 Å². The Labute approximate surface area is 164 Å². The summed E-state index contributed by atoms with van der Waals surface area (Å²) in [6, 6.07) is 4.51. The highest BCUT2D eigenvalue weighted by Crippen LogP contribution is 2.28. The summed E-state index contributed by atoms with van der Waals surface area (Å²) in [7, 11) is 3.14. The van der Waals surface area contributed by atoms with Crippen molar-refractivity contribution < 1.29 is 34.7 Å². The monoisotopic (exact) mass is 420 g/mol. The molecule has 1 aromatic heterocycles. The zero-order chi connectivity index (χ0) is 19.6. The van der Waals surface area contributed by atoms with Crippen LogP contribution in [0.5, 0.6) is 0 Å². The van der Waals surface area contributed by atoms with E-state index in [1.54, 1.807) is 27.8 Å². The number of nitrogens with zero attached hydrogens (tertiary/aromatic N) is 1. The maximum Gasteiger partial charge on any atom is 0.222 e. The second-order valence-electron chi connectivity index (χ2n) is 5.76. The molecule has 1 aliphatic rings. The van der Waals surface area contributed by atoms with Gasteiger partial charge < -0.3 is 35.2 Å². The lowest BCUT2D eigenvalue weighted by Crippen LogP contribution is -2.64. The normalized spacial score (nSPS) is 28.1. The summed E-state index contributed by atoms with van der Waals surface area (Å²) in [6.07, 6.45) is -3.72. The molecule has 0 bridgehead atoms. The van der Waals surface area contributed by atoms with Crippen LogP contribution in [0, 0.1) is 0 Å². The molecule has 2 rings (SSSR count). The molecule has 0 radical (unpaired) electrons. The van der Waals surface area contributed by atoms with Crippen LogP contribution in [-0.4, -0.2) is 87.5 Å². The molecule has 1 fully saturated rings. The fourth-order valence-electron chi connectivity index (χ4n) is 2.37. The van der Waals surface area contributed by atoms with Crippen molar-refractivity contribution in [1.82, 2.24) is 10.3 Å². The van der Waals surface area contributed by atoms with Crippen LogP contribution in [0.2, 0.25) is 0 Å². The van der Waals surface area contributed by atoms with E-state index in [0.29, 0.717) is 6.61 Å².